The second kappa shape index (κ2) is 1.98. The normalized spacial score (nSPS) is 17.9. The van der Waals surface area contributed by atoms with Gasteiger partial charge in [0.05, 0.1) is 18.1 Å². The molecule has 1 heterocycles. The van der Waals surface area contributed by atoms with E-state index < -0.39 is 4.92 Å². The lowest BCUT2D eigenvalue weighted by Crippen LogP contribution is -2.07. The number of hydrogen-bond donors (Lipinski definition) is 1. The number of nitrogens with zero attached hydrogens (tertiary/aromatic N) is 3. The highest BCUT2D eigenvalue weighted by molar-refractivity contribution is 5.75. The summed E-state index contributed by atoms with van der Waals surface area (Å²) in [7, 11) is 0. The number of amidine groups is 1. The summed E-state index contributed by atoms with van der Waals surface area (Å²) in [6, 6.07) is 0. The molecule has 0 amide bonds. The molecule has 1 aliphatic heterocycles. The number of rotatable bonds is 0. The number of nitro groups is 1. The van der Waals surface area contributed by atoms with Crippen LogP contribution in [0.3, 0.4) is 0 Å². The highest BCUT2D eigenvalue weighted by atomic mass is 16.6. The van der Waals surface area contributed by atoms with Crippen LogP contribution in [0.15, 0.2) is 5.10 Å². The van der Waals surface area contributed by atoms with Crippen LogP contribution in [0.1, 0.15) is 6.42 Å². The Bertz CT molecular complexity index is 166. The van der Waals surface area contributed by atoms with Crippen molar-refractivity contribution in [2.45, 2.75) is 6.42 Å². The monoisotopic (exact) mass is 131 g/mol. The Labute approximate surface area is 50.5 Å². The lowest BCUT2D eigenvalue weighted by atomic mass is 10.4. The molecule has 0 fully saturated rings. The van der Waals surface area contributed by atoms with E-state index in [1.807, 2.05) is 0 Å². The van der Waals surface area contributed by atoms with E-state index in [2.05, 4.69) is 5.10 Å². The van der Waals surface area contributed by atoms with Crippen LogP contribution < -0.4 is 0 Å². The van der Waals surface area contributed by atoms with Gasteiger partial charge in [-0.25, -0.2) is 0 Å². The lowest BCUT2D eigenvalue weighted by molar-refractivity contribution is -0.353. The zero-order valence-electron chi connectivity index (χ0n) is 4.52. The molecule has 50 valence electrons. The minimum atomic E-state index is -0.601. The summed E-state index contributed by atoms with van der Waals surface area (Å²) < 4.78 is 0. The summed E-state index contributed by atoms with van der Waals surface area (Å²) in [6.45, 7) is 0.219. The maximum Gasteiger partial charge on any atom is 0.368 e. The molecule has 0 aromatic carbocycles. The molecule has 6 nitrogen and oxygen atoms in total. The van der Waals surface area contributed by atoms with Gasteiger partial charge in [0.1, 0.15) is 0 Å². The third-order valence-electron chi connectivity index (χ3n) is 0.977. The fourth-order valence-electron chi connectivity index (χ4n) is 0.561. The standard InChI is InChI=1S/C3H5N3O3/c7-5-2-1-3(4-5)6(8)9/h7H,1-2H2. The molecule has 0 saturated heterocycles. The number of hydroxylamine groups is 1. The number of hydrogen-bond acceptors (Lipinski definition) is 5. The maximum absolute atomic E-state index is 9.88. The molecule has 0 saturated carbocycles. The quantitative estimate of drug-likeness (QED) is 0.360. The van der Waals surface area contributed by atoms with E-state index in [0.29, 0.717) is 5.17 Å². The molecule has 1 rings (SSSR count). The van der Waals surface area contributed by atoms with Gasteiger partial charge in [-0.1, -0.05) is 5.17 Å². The Morgan fingerprint density at radius 1 is 1.89 bits per heavy atom. The highest BCUT2D eigenvalue weighted by Crippen LogP contribution is 2.01. The van der Waals surface area contributed by atoms with E-state index in [0.717, 1.165) is 0 Å². The van der Waals surface area contributed by atoms with Gasteiger partial charge in [0.2, 0.25) is 0 Å². The summed E-state index contributed by atoms with van der Waals surface area (Å²) >= 11 is 0. The Morgan fingerprint density at radius 3 is 2.78 bits per heavy atom. The van der Waals surface area contributed by atoms with Crippen LogP contribution in [0.25, 0.3) is 0 Å². The van der Waals surface area contributed by atoms with Gasteiger partial charge < -0.3 is 10.1 Å². The number of hydrazone groups is 1. The first kappa shape index (κ1) is 5.96. The van der Waals surface area contributed by atoms with E-state index in [1.54, 1.807) is 0 Å². The van der Waals surface area contributed by atoms with Gasteiger partial charge in [-0.05, 0) is 4.92 Å². The van der Waals surface area contributed by atoms with E-state index in [-0.39, 0.29) is 18.8 Å². The fraction of sp³-hybridized carbons (Fsp3) is 0.667. The predicted octanol–water partition coefficient (Wildman–Crippen LogP) is -0.329. The van der Waals surface area contributed by atoms with Gasteiger partial charge in [-0.3, -0.25) is 5.21 Å². The molecule has 0 spiro atoms. The molecule has 0 radical (unpaired) electrons. The highest BCUT2D eigenvalue weighted by Gasteiger charge is 2.23. The first-order valence-electron chi connectivity index (χ1n) is 2.38. The van der Waals surface area contributed by atoms with Crippen LogP contribution in [0.2, 0.25) is 0 Å². The van der Waals surface area contributed by atoms with Crippen LogP contribution in [0.4, 0.5) is 0 Å². The Morgan fingerprint density at radius 2 is 2.56 bits per heavy atom. The molecule has 6 heteroatoms. The Kier molecular flexibility index (Phi) is 1.31. The third-order valence-corrected chi connectivity index (χ3v) is 0.977. The molecular weight excluding hydrogens is 126 g/mol. The first-order chi connectivity index (χ1) is 4.20. The van der Waals surface area contributed by atoms with Crippen molar-refractivity contribution in [1.82, 2.24) is 5.17 Å². The van der Waals surface area contributed by atoms with E-state index in [4.69, 9.17) is 5.21 Å². The van der Waals surface area contributed by atoms with Crippen molar-refractivity contribution in [1.29, 1.82) is 0 Å². The largest absolute Gasteiger partial charge is 0.368 e. The average Bonchev–Trinajstić information content (AvgIpc) is 2.14. The van der Waals surface area contributed by atoms with Crippen molar-refractivity contribution in [3.8, 4) is 0 Å². The molecule has 0 aromatic rings. The molecule has 0 unspecified atom stereocenters. The second-order valence-electron chi connectivity index (χ2n) is 1.62. The third kappa shape index (κ3) is 1.14. The van der Waals surface area contributed by atoms with Crippen molar-refractivity contribution in [2.75, 3.05) is 6.54 Å². The zero-order valence-corrected chi connectivity index (χ0v) is 4.52. The minimum Gasteiger partial charge on any atom is -0.358 e. The van der Waals surface area contributed by atoms with Crippen LogP contribution in [-0.2, 0) is 0 Å². The molecule has 0 atom stereocenters. The van der Waals surface area contributed by atoms with Gasteiger partial charge in [0, 0.05) is 0 Å². The van der Waals surface area contributed by atoms with Crippen LogP contribution >= 0.6 is 0 Å². The molecule has 9 heavy (non-hydrogen) atoms. The summed E-state index contributed by atoms with van der Waals surface area (Å²) in [5.74, 6) is -0.183. The van der Waals surface area contributed by atoms with Crippen molar-refractivity contribution < 1.29 is 10.1 Å². The van der Waals surface area contributed by atoms with E-state index in [1.165, 1.54) is 0 Å². The fourth-order valence-corrected chi connectivity index (χ4v) is 0.561. The Balaban J connectivity index is 2.62. The summed E-state index contributed by atoms with van der Waals surface area (Å²) in [5, 5.41) is 22.1. The molecule has 1 N–H and O–H groups in total. The van der Waals surface area contributed by atoms with Crippen molar-refractivity contribution in [2.24, 2.45) is 5.10 Å². The zero-order chi connectivity index (χ0) is 6.85. The molecule has 0 bridgehead atoms. The SMILES string of the molecule is O=[N+]([O-])C1=NN(O)CC1. The van der Waals surface area contributed by atoms with Gasteiger partial charge in [-0.15, -0.1) is 0 Å². The van der Waals surface area contributed by atoms with E-state index >= 15 is 0 Å². The average molecular weight is 131 g/mol. The molecule has 1 aliphatic rings. The lowest BCUT2D eigenvalue weighted by Gasteiger charge is -1.88. The van der Waals surface area contributed by atoms with Crippen LogP contribution in [-0.4, -0.2) is 27.7 Å². The maximum atomic E-state index is 9.88. The van der Waals surface area contributed by atoms with Gasteiger partial charge in [0.25, 0.3) is 0 Å². The van der Waals surface area contributed by atoms with Gasteiger partial charge >= 0.3 is 5.84 Å². The Hall–Kier alpha value is -1.17. The minimum absolute atomic E-state index is 0.183. The molecular formula is C3H5N3O3. The van der Waals surface area contributed by atoms with E-state index in [9.17, 15) is 10.1 Å². The van der Waals surface area contributed by atoms with Gasteiger partial charge in [-0.2, -0.15) is 0 Å². The van der Waals surface area contributed by atoms with Crippen LogP contribution in [0, 0.1) is 10.1 Å². The topological polar surface area (TPSA) is 79.0 Å². The van der Waals surface area contributed by atoms with Crippen molar-refractivity contribution in [3.63, 3.8) is 0 Å². The second-order valence-corrected chi connectivity index (χ2v) is 1.62. The summed E-state index contributed by atoms with van der Waals surface area (Å²) in [5.41, 5.74) is 0. The summed E-state index contributed by atoms with van der Waals surface area (Å²) in [4.78, 5) is 9.28. The van der Waals surface area contributed by atoms with Crippen LogP contribution in [0.5, 0.6) is 0 Å². The first-order valence-corrected chi connectivity index (χ1v) is 2.38. The smallest absolute Gasteiger partial charge is 0.358 e. The van der Waals surface area contributed by atoms with Crippen molar-refractivity contribution >= 4 is 5.84 Å². The van der Waals surface area contributed by atoms with Gasteiger partial charge in [0.15, 0.2) is 0 Å². The predicted molar refractivity (Wildman–Crippen MR) is 27.5 cm³/mol. The molecule has 0 aliphatic carbocycles. The molecule has 0 aromatic heterocycles. The summed E-state index contributed by atoms with van der Waals surface area (Å²) in [6.07, 6.45) is 0.212. The van der Waals surface area contributed by atoms with Crippen molar-refractivity contribution in [3.05, 3.63) is 10.1 Å².